The summed E-state index contributed by atoms with van der Waals surface area (Å²) in [4.78, 5) is 2.32. The molecule has 1 aromatic rings. The number of ether oxygens (including phenoxy) is 1. The summed E-state index contributed by atoms with van der Waals surface area (Å²) < 4.78 is 19.5. The van der Waals surface area contributed by atoms with Gasteiger partial charge in [0, 0.05) is 19.7 Å². The monoisotopic (exact) mass is 344 g/mol. The molecule has 0 aliphatic carbocycles. The maximum atomic E-state index is 13.8. The van der Waals surface area contributed by atoms with Gasteiger partial charge in [0.1, 0.15) is 5.82 Å². The fourth-order valence-corrected chi connectivity index (χ4v) is 3.12. The van der Waals surface area contributed by atoms with Crippen molar-refractivity contribution in [2.75, 3.05) is 26.8 Å². The van der Waals surface area contributed by atoms with Crippen LogP contribution < -0.4 is 5.73 Å². The minimum atomic E-state index is -0.231. The highest BCUT2D eigenvalue weighted by Crippen LogP contribution is 2.31. The summed E-state index contributed by atoms with van der Waals surface area (Å²) in [6.07, 6.45) is 3.24. The van der Waals surface area contributed by atoms with E-state index in [4.69, 9.17) is 10.5 Å². The quantitative estimate of drug-likeness (QED) is 0.911. The van der Waals surface area contributed by atoms with Gasteiger partial charge < -0.3 is 10.5 Å². The maximum absolute atomic E-state index is 13.8. The highest BCUT2D eigenvalue weighted by atomic mass is 79.9. The Morgan fingerprint density at radius 3 is 2.95 bits per heavy atom. The van der Waals surface area contributed by atoms with E-state index in [9.17, 15) is 4.39 Å². The lowest BCUT2D eigenvalue weighted by Gasteiger charge is -2.33. The Morgan fingerprint density at radius 1 is 1.45 bits per heavy atom. The lowest BCUT2D eigenvalue weighted by Crippen LogP contribution is -2.41. The molecule has 1 heterocycles. The zero-order valence-corrected chi connectivity index (χ0v) is 13.4. The second kappa shape index (κ2) is 7.50. The summed E-state index contributed by atoms with van der Waals surface area (Å²) in [5, 5.41) is 0. The number of nitrogens with zero attached hydrogens (tertiary/aromatic N) is 1. The van der Waals surface area contributed by atoms with Crippen LogP contribution in [0.25, 0.3) is 0 Å². The van der Waals surface area contributed by atoms with Crippen molar-refractivity contribution in [2.24, 2.45) is 5.73 Å². The van der Waals surface area contributed by atoms with Crippen molar-refractivity contribution in [1.82, 2.24) is 4.90 Å². The SMILES string of the molecule is COCCN1CCCCC(N)C1c1ccc(Br)c(F)c1. The molecule has 5 heteroatoms. The van der Waals surface area contributed by atoms with E-state index in [1.54, 1.807) is 19.2 Å². The van der Waals surface area contributed by atoms with Crippen LogP contribution in [-0.4, -0.2) is 37.7 Å². The fraction of sp³-hybridized carbons (Fsp3) is 0.600. The standard InChI is InChI=1S/C15H22BrFN2O/c1-20-9-8-19-7-3-2-4-14(18)15(19)11-5-6-12(16)13(17)10-11/h5-6,10,14-15H,2-4,7-9,18H2,1H3. The molecule has 2 rings (SSSR count). The molecular weight excluding hydrogens is 323 g/mol. The van der Waals surface area contributed by atoms with Gasteiger partial charge in [0.25, 0.3) is 0 Å². The van der Waals surface area contributed by atoms with Crippen LogP contribution in [0.5, 0.6) is 0 Å². The van der Waals surface area contributed by atoms with Gasteiger partial charge in [-0.2, -0.15) is 0 Å². The van der Waals surface area contributed by atoms with Crippen LogP contribution in [0.1, 0.15) is 30.9 Å². The minimum absolute atomic E-state index is 0.0370. The summed E-state index contributed by atoms with van der Waals surface area (Å²) >= 11 is 3.20. The van der Waals surface area contributed by atoms with Crippen LogP contribution in [-0.2, 0) is 4.74 Å². The number of likely N-dealkylation sites (tertiary alicyclic amines) is 1. The average molecular weight is 345 g/mol. The predicted molar refractivity (Wildman–Crippen MR) is 82.1 cm³/mol. The zero-order valence-electron chi connectivity index (χ0n) is 11.8. The summed E-state index contributed by atoms with van der Waals surface area (Å²) in [5.74, 6) is -0.231. The minimum Gasteiger partial charge on any atom is -0.383 e. The van der Waals surface area contributed by atoms with Gasteiger partial charge in [-0.1, -0.05) is 12.5 Å². The second-order valence-electron chi connectivity index (χ2n) is 5.31. The van der Waals surface area contributed by atoms with Gasteiger partial charge in [0.15, 0.2) is 0 Å². The first-order valence-corrected chi connectivity index (χ1v) is 7.86. The van der Waals surface area contributed by atoms with Gasteiger partial charge in [0.05, 0.1) is 17.1 Å². The number of methoxy groups -OCH3 is 1. The third kappa shape index (κ3) is 3.79. The van der Waals surface area contributed by atoms with Crippen LogP contribution >= 0.6 is 15.9 Å². The Kier molecular flexibility index (Phi) is 5.96. The molecule has 0 bridgehead atoms. The van der Waals surface area contributed by atoms with Crippen molar-refractivity contribution < 1.29 is 9.13 Å². The number of hydrogen-bond acceptors (Lipinski definition) is 3. The Bertz CT molecular complexity index is 444. The lowest BCUT2D eigenvalue weighted by atomic mass is 9.96. The Hall–Kier alpha value is -0.490. The highest BCUT2D eigenvalue weighted by molar-refractivity contribution is 9.10. The van der Waals surface area contributed by atoms with Gasteiger partial charge in [-0.3, -0.25) is 4.90 Å². The van der Waals surface area contributed by atoms with E-state index in [2.05, 4.69) is 20.8 Å². The molecule has 2 atom stereocenters. The van der Waals surface area contributed by atoms with Crippen LogP contribution in [0.3, 0.4) is 0 Å². The van der Waals surface area contributed by atoms with Crippen molar-refractivity contribution in [1.29, 1.82) is 0 Å². The van der Waals surface area contributed by atoms with Gasteiger partial charge in [-0.05, 0) is 53.0 Å². The summed E-state index contributed by atoms with van der Waals surface area (Å²) in [7, 11) is 1.70. The third-order valence-electron chi connectivity index (χ3n) is 3.90. The van der Waals surface area contributed by atoms with Crippen molar-refractivity contribution in [2.45, 2.75) is 31.3 Å². The first kappa shape index (κ1) is 15.9. The molecule has 1 fully saturated rings. The summed E-state index contributed by atoms with van der Waals surface area (Å²) in [6.45, 7) is 2.48. The normalized spacial score (nSPS) is 24.6. The van der Waals surface area contributed by atoms with Crippen molar-refractivity contribution in [3.05, 3.63) is 34.1 Å². The van der Waals surface area contributed by atoms with E-state index >= 15 is 0 Å². The molecule has 0 aromatic heterocycles. The fourth-order valence-electron chi connectivity index (χ4n) is 2.88. The number of halogens is 2. The number of benzene rings is 1. The molecule has 0 amide bonds. The number of hydrogen-bond donors (Lipinski definition) is 1. The number of rotatable bonds is 4. The molecular formula is C15H22BrFN2O. The van der Waals surface area contributed by atoms with E-state index in [-0.39, 0.29) is 17.9 Å². The molecule has 112 valence electrons. The average Bonchev–Trinajstić information content (AvgIpc) is 2.61. The Morgan fingerprint density at radius 2 is 2.25 bits per heavy atom. The summed E-state index contributed by atoms with van der Waals surface area (Å²) in [6, 6.07) is 5.42. The van der Waals surface area contributed by atoms with Crippen LogP contribution in [0.4, 0.5) is 4.39 Å². The van der Waals surface area contributed by atoms with E-state index in [1.165, 1.54) is 0 Å². The van der Waals surface area contributed by atoms with E-state index < -0.39 is 0 Å². The molecule has 20 heavy (non-hydrogen) atoms. The third-order valence-corrected chi connectivity index (χ3v) is 4.54. The largest absolute Gasteiger partial charge is 0.383 e. The van der Waals surface area contributed by atoms with E-state index in [1.807, 2.05) is 6.07 Å². The molecule has 2 N–H and O–H groups in total. The molecule has 3 nitrogen and oxygen atoms in total. The van der Waals surface area contributed by atoms with Gasteiger partial charge in [0.2, 0.25) is 0 Å². The molecule has 0 spiro atoms. The van der Waals surface area contributed by atoms with Crippen molar-refractivity contribution in [3.63, 3.8) is 0 Å². The van der Waals surface area contributed by atoms with E-state index in [0.717, 1.165) is 37.9 Å². The predicted octanol–water partition coefficient (Wildman–Crippen LogP) is 3.09. The van der Waals surface area contributed by atoms with Gasteiger partial charge in [-0.25, -0.2) is 4.39 Å². The molecule has 0 radical (unpaired) electrons. The molecule has 1 aliphatic rings. The van der Waals surface area contributed by atoms with Crippen LogP contribution in [0.2, 0.25) is 0 Å². The smallest absolute Gasteiger partial charge is 0.137 e. The molecule has 1 aliphatic heterocycles. The van der Waals surface area contributed by atoms with Gasteiger partial charge >= 0.3 is 0 Å². The van der Waals surface area contributed by atoms with Crippen molar-refractivity contribution >= 4 is 15.9 Å². The summed E-state index contributed by atoms with van der Waals surface area (Å²) in [5.41, 5.74) is 7.30. The second-order valence-corrected chi connectivity index (χ2v) is 6.16. The maximum Gasteiger partial charge on any atom is 0.137 e. The topological polar surface area (TPSA) is 38.5 Å². The first-order chi connectivity index (χ1) is 9.63. The van der Waals surface area contributed by atoms with Crippen LogP contribution in [0, 0.1) is 5.82 Å². The molecule has 2 unspecified atom stereocenters. The Balaban J connectivity index is 2.26. The Labute approximate surface area is 128 Å². The first-order valence-electron chi connectivity index (χ1n) is 7.07. The van der Waals surface area contributed by atoms with E-state index in [0.29, 0.717) is 11.1 Å². The van der Waals surface area contributed by atoms with Gasteiger partial charge in [-0.15, -0.1) is 0 Å². The number of nitrogens with two attached hydrogens (primary N) is 1. The molecule has 1 aromatic carbocycles. The zero-order chi connectivity index (χ0) is 14.5. The van der Waals surface area contributed by atoms with Crippen LogP contribution in [0.15, 0.2) is 22.7 Å². The molecule has 1 saturated heterocycles. The highest BCUT2D eigenvalue weighted by Gasteiger charge is 2.29. The molecule has 0 saturated carbocycles. The lowest BCUT2D eigenvalue weighted by molar-refractivity contribution is 0.115. The van der Waals surface area contributed by atoms with Crippen molar-refractivity contribution in [3.8, 4) is 0 Å².